The van der Waals surface area contributed by atoms with Crippen molar-refractivity contribution in [1.29, 1.82) is 0 Å². The summed E-state index contributed by atoms with van der Waals surface area (Å²) in [6.45, 7) is 9.33. The van der Waals surface area contributed by atoms with Crippen LogP contribution in [0.15, 0.2) is 138 Å². The molecule has 0 unspecified atom stereocenters. The van der Waals surface area contributed by atoms with Gasteiger partial charge in [-0.05, 0) is 89.8 Å². The maximum atomic E-state index is 9.91. The van der Waals surface area contributed by atoms with Crippen molar-refractivity contribution >= 4 is 28.2 Å². The summed E-state index contributed by atoms with van der Waals surface area (Å²) in [6, 6.07) is 31.4. The number of unbranched alkanes of at least 4 members (excludes halogenated alkanes) is 2. The van der Waals surface area contributed by atoms with E-state index in [-0.39, 0.29) is 42.1 Å². The molecule has 7 nitrogen and oxygen atoms in total. The minimum absolute atomic E-state index is 0.0157. The van der Waals surface area contributed by atoms with Gasteiger partial charge in [0.1, 0.15) is 24.7 Å². The molecule has 4 aromatic carbocycles. The summed E-state index contributed by atoms with van der Waals surface area (Å²) in [6.07, 6.45) is 11.7. The highest BCUT2D eigenvalue weighted by Gasteiger charge is 2.64. The summed E-state index contributed by atoms with van der Waals surface area (Å²) in [4.78, 5) is 7.35. The Morgan fingerprint density at radius 1 is 0.836 bits per heavy atom. The van der Waals surface area contributed by atoms with Crippen LogP contribution in [0.5, 0.6) is 11.5 Å². The Morgan fingerprint density at radius 3 is 2.38 bits per heavy atom. The summed E-state index contributed by atoms with van der Waals surface area (Å²) < 4.78 is 20.6. The van der Waals surface area contributed by atoms with Gasteiger partial charge in [0.2, 0.25) is 5.79 Å². The van der Waals surface area contributed by atoms with Gasteiger partial charge in [-0.2, -0.15) is 0 Å². The Kier molecular flexibility index (Phi) is 13.1. The molecular weight excluding hydrogens is 707 g/mol. The fourth-order valence-electron chi connectivity index (χ4n) is 8.83. The fraction of sp³-hybridized carbons (Fsp3) is 0.383. The van der Waals surface area contributed by atoms with Crippen molar-refractivity contribution in [2.75, 3.05) is 26.4 Å². The molecule has 4 aromatic rings. The van der Waals surface area contributed by atoms with Crippen LogP contribution in [0.2, 0.25) is 0 Å². The summed E-state index contributed by atoms with van der Waals surface area (Å²) in [5, 5.41) is 26.9. The third-order valence-corrected chi connectivity index (χ3v) is 12.5. The summed E-state index contributed by atoms with van der Waals surface area (Å²) in [7, 11) is 0. The highest BCUT2D eigenvalue weighted by molar-refractivity contribution is 8.00. The first-order valence-corrected chi connectivity index (χ1v) is 20.6. The predicted octanol–water partition coefficient (Wildman–Crippen LogP) is 10.0. The van der Waals surface area contributed by atoms with Gasteiger partial charge in [-0.1, -0.05) is 103 Å². The van der Waals surface area contributed by atoms with E-state index < -0.39 is 5.79 Å². The second-order valence-corrected chi connectivity index (χ2v) is 16.0. The standard InChI is InChI=1S/C47H53NO6S/c1-3-26-51-37-21-23-43-41(30-37)45-39(19-11-13-25-50)36(18-10-12-24-49)29-40-42(48-53-32-33-14-6-5-7-15-33)31-44(47(54-43,46(40)45)52-27-4-2)55-38-22-20-34-16-8-9-17-35(34)28-38/h3-9,14-17,20-23,28-30,36,39,44-46,49-50H,1-2,10-13,18-19,24-27,31-32H2/t36-,39+,44-,45+,46+,47+/m0/s1. The predicted molar refractivity (Wildman–Crippen MR) is 222 cm³/mol. The largest absolute Gasteiger partial charge is 0.490 e. The number of hydrogen-bond acceptors (Lipinski definition) is 8. The minimum Gasteiger partial charge on any atom is -0.490 e. The zero-order valence-corrected chi connectivity index (χ0v) is 32.4. The first-order chi connectivity index (χ1) is 27.1. The number of benzene rings is 4. The minimum atomic E-state index is -1.07. The number of thioether (sulfide) groups is 1. The molecule has 288 valence electrons. The van der Waals surface area contributed by atoms with Crippen LogP contribution in [0, 0.1) is 17.8 Å². The van der Waals surface area contributed by atoms with E-state index in [9.17, 15) is 10.2 Å². The number of aliphatic hydroxyl groups excluding tert-OH is 2. The molecule has 1 aliphatic heterocycles. The highest BCUT2D eigenvalue weighted by atomic mass is 32.2. The van der Waals surface area contributed by atoms with E-state index >= 15 is 0 Å². The first-order valence-electron chi connectivity index (χ1n) is 19.7. The molecule has 6 atom stereocenters. The van der Waals surface area contributed by atoms with Crippen molar-refractivity contribution in [3.8, 4) is 11.5 Å². The average Bonchev–Trinajstić information content (AvgIpc) is 3.21. The lowest BCUT2D eigenvalue weighted by molar-refractivity contribution is -0.223. The van der Waals surface area contributed by atoms with Crippen molar-refractivity contribution in [1.82, 2.24) is 0 Å². The Labute approximate surface area is 329 Å². The van der Waals surface area contributed by atoms with Crippen LogP contribution in [-0.2, 0) is 16.2 Å². The quantitative estimate of drug-likeness (QED) is 0.0559. The second-order valence-electron chi connectivity index (χ2n) is 14.7. The molecule has 7 rings (SSSR count). The van der Waals surface area contributed by atoms with E-state index in [0.29, 0.717) is 26.2 Å². The topological polar surface area (TPSA) is 89.7 Å². The Morgan fingerprint density at radius 2 is 1.60 bits per heavy atom. The molecule has 0 amide bonds. The van der Waals surface area contributed by atoms with Crippen molar-refractivity contribution < 1.29 is 29.3 Å². The molecule has 1 saturated carbocycles. The molecule has 0 saturated heterocycles. The van der Waals surface area contributed by atoms with Gasteiger partial charge >= 0.3 is 0 Å². The number of rotatable bonds is 19. The molecule has 0 spiro atoms. The van der Waals surface area contributed by atoms with Crippen molar-refractivity contribution in [3.05, 3.63) is 139 Å². The van der Waals surface area contributed by atoms with Gasteiger partial charge in [0, 0.05) is 36.0 Å². The number of nitrogens with zero attached hydrogens (tertiary/aromatic N) is 1. The van der Waals surface area contributed by atoms with Crippen LogP contribution in [0.3, 0.4) is 0 Å². The van der Waals surface area contributed by atoms with Crippen molar-refractivity contribution in [2.45, 2.75) is 73.4 Å². The monoisotopic (exact) mass is 759 g/mol. The third-order valence-electron chi connectivity index (χ3n) is 11.2. The lowest BCUT2D eigenvalue weighted by Gasteiger charge is -2.58. The number of allylic oxidation sites excluding steroid dienone is 1. The van der Waals surface area contributed by atoms with Crippen molar-refractivity contribution in [3.63, 3.8) is 0 Å². The average molecular weight is 760 g/mol. The zero-order chi connectivity index (χ0) is 38.0. The normalized spacial score (nSPS) is 24.7. The number of hydrogen-bond donors (Lipinski definition) is 2. The van der Waals surface area contributed by atoms with E-state index in [1.807, 2.05) is 36.4 Å². The van der Waals surface area contributed by atoms with Gasteiger partial charge in [0.05, 0.1) is 23.5 Å². The number of oxime groups is 1. The molecule has 0 bridgehead atoms. The summed E-state index contributed by atoms with van der Waals surface area (Å²) >= 11 is 1.77. The lowest BCUT2D eigenvalue weighted by atomic mass is 9.56. The van der Waals surface area contributed by atoms with Crippen LogP contribution in [-0.4, -0.2) is 53.4 Å². The van der Waals surface area contributed by atoms with E-state index in [0.717, 1.165) is 77.3 Å². The van der Waals surface area contributed by atoms with Gasteiger partial charge in [-0.3, -0.25) is 0 Å². The van der Waals surface area contributed by atoms with Gasteiger partial charge in [-0.25, -0.2) is 0 Å². The highest BCUT2D eigenvalue weighted by Crippen LogP contribution is 2.63. The van der Waals surface area contributed by atoms with E-state index in [2.05, 4.69) is 79.9 Å². The Balaban J connectivity index is 1.41. The Hall–Kier alpha value is -4.34. The molecule has 1 heterocycles. The van der Waals surface area contributed by atoms with Gasteiger partial charge in [0.25, 0.3) is 0 Å². The summed E-state index contributed by atoms with van der Waals surface area (Å²) in [5.41, 5.74) is 4.16. The maximum absolute atomic E-state index is 9.91. The molecule has 0 radical (unpaired) electrons. The molecule has 1 fully saturated rings. The van der Waals surface area contributed by atoms with Crippen LogP contribution < -0.4 is 9.47 Å². The molecule has 3 aliphatic rings. The molecule has 55 heavy (non-hydrogen) atoms. The molecule has 2 N–H and O–H groups in total. The van der Waals surface area contributed by atoms with E-state index in [4.69, 9.17) is 24.2 Å². The summed E-state index contributed by atoms with van der Waals surface area (Å²) in [5.74, 6) is 0.656. The fourth-order valence-corrected chi connectivity index (χ4v) is 10.2. The van der Waals surface area contributed by atoms with Crippen LogP contribution in [0.1, 0.15) is 62.0 Å². The maximum Gasteiger partial charge on any atom is 0.231 e. The lowest BCUT2D eigenvalue weighted by Crippen LogP contribution is -2.64. The zero-order valence-electron chi connectivity index (χ0n) is 31.6. The molecular formula is C47H53NO6S. The Bertz CT molecular complexity index is 1980. The van der Waals surface area contributed by atoms with Crippen LogP contribution in [0.25, 0.3) is 10.8 Å². The second kappa shape index (κ2) is 18.5. The smallest absolute Gasteiger partial charge is 0.231 e. The molecule has 0 aromatic heterocycles. The van der Waals surface area contributed by atoms with E-state index in [1.165, 1.54) is 10.8 Å². The van der Waals surface area contributed by atoms with Gasteiger partial charge in [-0.15, -0.1) is 18.3 Å². The third kappa shape index (κ3) is 8.58. The van der Waals surface area contributed by atoms with Crippen molar-refractivity contribution in [2.24, 2.45) is 22.9 Å². The first kappa shape index (κ1) is 38.9. The van der Waals surface area contributed by atoms with E-state index in [1.54, 1.807) is 17.8 Å². The van der Waals surface area contributed by atoms with Crippen LogP contribution in [0.4, 0.5) is 0 Å². The molecule has 8 heteroatoms. The number of aliphatic hydroxyl groups is 2. The van der Waals surface area contributed by atoms with Gasteiger partial charge in [0.15, 0.2) is 0 Å². The number of ether oxygens (including phenoxy) is 3. The van der Waals surface area contributed by atoms with Gasteiger partial charge < -0.3 is 29.3 Å². The number of fused-ring (bicyclic) bond motifs is 3. The SMILES string of the molecule is C=CCOc1ccc2c(c1)[C@H]1[C@H](CCCCO)[C@@H](CCCCO)C=C3C(=NOCc4ccccc4)C[C@H](Sc4ccc5ccccc5c4)[C@@](OCC=C)(O2)[C@H]31. The van der Waals surface area contributed by atoms with Crippen LogP contribution >= 0.6 is 11.8 Å². The molecule has 2 aliphatic carbocycles.